The van der Waals surface area contributed by atoms with E-state index in [1.165, 1.54) is 22.9 Å². The molecule has 4 aliphatic rings. The molecule has 3 amide bonds. The van der Waals surface area contributed by atoms with Crippen LogP contribution in [0.3, 0.4) is 0 Å². The van der Waals surface area contributed by atoms with Crippen molar-refractivity contribution in [3.8, 4) is 16.9 Å². The number of benzene rings is 2. The maximum absolute atomic E-state index is 15.2. The second-order valence-corrected chi connectivity index (χ2v) is 16.7. The third-order valence-electron chi connectivity index (χ3n) is 12.7. The lowest BCUT2D eigenvalue weighted by molar-refractivity contribution is -0.133. The van der Waals surface area contributed by atoms with Gasteiger partial charge < -0.3 is 25.8 Å². The molecular formula is C45H53F2N9O4. The minimum Gasteiger partial charge on any atom is -0.374 e. The summed E-state index contributed by atoms with van der Waals surface area (Å²) in [4.78, 5) is 62.5. The van der Waals surface area contributed by atoms with Crippen molar-refractivity contribution in [2.45, 2.75) is 88.8 Å². The highest BCUT2D eigenvalue weighted by molar-refractivity contribution is 6.01. The first-order valence-corrected chi connectivity index (χ1v) is 21.4. The molecular weight excluding hydrogens is 769 g/mol. The molecule has 0 radical (unpaired) electrons. The van der Waals surface area contributed by atoms with Crippen LogP contribution in [-0.4, -0.2) is 88.0 Å². The molecule has 0 bridgehead atoms. The number of aromatic nitrogens is 3. The van der Waals surface area contributed by atoms with Crippen molar-refractivity contribution in [2.75, 3.05) is 48.3 Å². The molecule has 4 fully saturated rings. The molecule has 8 rings (SSSR count). The fraction of sp³-hybridized carbons (Fsp3) is 0.467. The van der Waals surface area contributed by atoms with E-state index in [1.54, 1.807) is 54.7 Å². The van der Waals surface area contributed by atoms with E-state index in [0.29, 0.717) is 40.9 Å². The van der Waals surface area contributed by atoms with Crippen LogP contribution in [0.15, 0.2) is 77.9 Å². The Kier molecular flexibility index (Phi) is 12.8. The summed E-state index contributed by atoms with van der Waals surface area (Å²) in [6.07, 6.45) is 11.6. The minimum atomic E-state index is -0.552. The third kappa shape index (κ3) is 10.0. The smallest absolute Gasteiger partial charge is 0.255 e. The number of carbonyl (C=O) groups excluding carboxylic acids is 3. The summed E-state index contributed by atoms with van der Waals surface area (Å²) in [5, 5.41) is 12.1. The van der Waals surface area contributed by atoms with E-state index in [-0.39, 0.29) is 59.2 Å². The fourth-order valence-electron chi connectivity index (χ4n) is 9.10. The number of halogens is 2. The Hall–Kier alpha value is -5.70. The van der Waals surface area contributed by atoms with Gasteiger partial charge in [-0.1, -0.05) is 18.2 Å². The number of hydrogen-bond acceptors (Lipinski definition) is 10. The number of carbonyl (C=O) groups is 3. The number of likely N-dealkylation sites (tertiary alicyclic amines) is 1. The summed E-state index contributed by atoms with van der Waals surface area (Å²) in [6, 6.07) is 16.7. The first-order chi connectivity index (χ1) is 29.1. The second kappa shape index (κ2) is 18.7. The highest BCUT2D eigenvalue weighted by atomic mass is 19.1. The number of nitrogens with zero attached hydrogens (tertiary/aromatic N) is 5. The summed E-state index contributed by atoms with van der Waals surface area (Å²) in [6.45, 7) is 4.40. The van der Waals surface area contributed by atoms with E-state index < -0.39 is 11.9 Å². The van der Waals surface area contributed by atoms with Crippen LogP contribution in [0.25, 0.3) is 16.9 Å². The SMILES string of the molecule is O=C1CCC(Nc2ccc(N3CCC(CCN4CCC(C(=O)N[C@H]5CC[C@H](Nc6ncc(F)c(-c7cccc(-n8ccccc8=O)c7)n6)CC5)CC4)CC3)c(F)c2)C(=O)N1. The molecule has 1 unspecified atom stereocenters. The lowest BCUT2D eigenvalue weighted by Gasteiger charge is -2.36. The van der Waals surface area contributed by atoms with Crippen molar-refractivity contribution in [1.82, 2.24) is 30.1 Å². The van der Waals surface area contributed by atoms with Gasteiger partial charge in [-0.3, -0.25) is 29.1 Å². The van der Waals surface area contributed by atoms with Crippen molar-refractivity contribution < 1.29 is 23.2 Å². The van der Waals surface area contributed by atoms with Crippen LogP contribution in [0.1, 0.15) is 70.6 Å². The average molecular weight is 822 g/mol. The summed E-state index contributed by atoms with van der Waals surface area (Å²) < 4.78 is 31.6. The maximum Gasteiger partial charge on any atom is 0.255 e. The quantitative estimate of drug-likeness (QED) is 0.132. The zero-order valence-corrected chi connectivity index (χ0v) is 33.8. The van der Waals surface area contributed by atoms with Gasteiger partial charge in [0.2, 0.25) is 23.7 Å². The molecule has 1 atom stereocenters. The predicted octanol–water partition coefficient (Wildman–Crippen LogP) is 5.65. The van der Waals surface area contributed by atoms with E-state index in [1.807, 2.05) is 0 Å². The Morgan fingerprint density at radius 2 is 1.58 bits per heavy atom. The van der Waals surface area contributed by atoms with Gasteiger partial charge in [0.1, 0.15) is 17.6 Å². The van der Waals surface area contributed by atoms with E-state index in [4.69, 9.17) is 0 Å². The monoisotopic (exact) mass is 821 g/mol. The number of rotatable bonds is 12. The largest absolute Gasteiger partial charge is 0.374 e. The molecule has 15 heteroatoms. The second-order valence-electron chi connectivity index (χ2n) is 16.7. The molecule has 2 aromatic carbocycles. The van der Waals surface area contributed by atoms with Crippen molar-refractivity contribution in [3.05, 3.63) is 95.0 Å². The van der Waals surface area contributed by atoms with Crippen molar-refractivity contribution >= 4 is 35.0 Å². The fourth-order valence-corrected chi connectivity index (χ4v) is 9.10. The zero-order chi connectivity index (χ0) is 41.6. The highest BCUT2D eigenvalue weighted by Crippen LogP contribution is 2.31. The Morgan fingerprint density at radius 1 is 0.800 bits per heavy atom. The summed E-state index contributed by atoms with van der Waals surface area (Å²) in [7, 11) is 0. The number of nitrogens with one attached hydrogen (secondary N) is 4. The summed E-state index contributed by atoms with van der Waals surface area (Å²) >= 11 is 0. The molecule has 0 spiro atoms. The number of pyridine rings is 1. The molecule has 60 heavy (non-hydrogen) atoms. The van der Waals surface area contributed by atoms with Gasteiger partial charge in [0.05, 0.1) is 11.9 Å². The first-order valence-electron chi connectivity index (χ1n) is 21.4. The lowest BCUT2D eigenvalue weighted by atomic mass is 9.89. The lowest BCUT2D eigenvalue weighted by Crippen LogP contribution is -2.47. The molecule has 4 N–H and O–H groups in total. The van der Waals surface area contributed by atoms with Crippen molar-refractivity contribution in [3.63, 3.8) is 0 Å². The van der Waals surface area contributed by atoms with E-state index >= 15 is 4.39 Å². The van der Waals surface area contributed by atoms with Crippen LogP contribution >= 0.6 is 0 Å². The number of hydrogen-bond donors (Lipinski definition) is 4. The van der Waals surface area contributed by atoms with E-state index in [0.717, 1.165) is 90.5 Å². The summed E-state index contributed by atoms with van der Waals surface area (Å²) in [5.74, 6) is -0.438. The van der Waals surface area contributed by atoms with Crippen LogP contribution in [0.5, 0.6) is 0 Å². The van der Waals surface area contributed by atoms with Gasteiger partial charge in [0.25, 0.3) is 5.56 Å². The molecule has 2 aromatic heterocycles. The standard InChI is InChI=1S/C45H53F2N9O4/c46-36-27-34(49-38-12-14-40(57)52-44(38)60)11-13-39(36)55-24-16-29(17-25-55)15-21-54-22-18-30(19-23-54)43(59)50-32-7-9-33(10-8-32)51-45-48-28-37(47)42(53-45)31-4-3-5-35(26-31)56-20-2-1-6-41(56)58/h1-6,11,13,20,26-30,32-33,38,49H,7-10,12,14-19,21-25H2,(H,50,59)(H,48,51,53)(H,52,57,60)/t32-,33-,38?. The number of amides is 3. The third-order valence-corrected chi connectivity index (χ3v) is 12.7. The van der Waals surface area contributed by atoms with Gasteiger partial charge in [-0.05, 0) is 126 Å². The van der Waals surface area contributed by atoms with Crippen LogP contribution < -0.4 is 31.7 Å². The molecule has 1 saturated carbocycles. The van der Waals surface area contributed by atoms with Gasteiger partial charge in [-0.2, -0.15) is 0 Å². The summed E-state index contributed by atoms with van der Waals surface area (Å²) in [5.41, 5.74) is 2.24. The Balaban J connectivity index is 0.727. The van der Waals surface area contributed by atoms with Crippen LogP contribution in [0.4, 0.5) is 26.1 Å². The van der Waals surface area contributed by atoms with Crippen LogP contribution in [0, 0.1) is 23.5 Å². The Morgan fingerprint density at radius 3 is 2.33 bits per heavy atom. The van der Waals surface area contributed by atoms with Gasteiger partial charge in [0, 0.05) is 66.7 Å². The first kappa shape index (κ1) is 41.1. The van der Waals surface area contributed by atoms with E-state index in [2.05, 4.69) is 41.0 Å². The van der Waals surface area contributed by atoms with E-state index in [9.17, 15) is 23.6 Å². The number of imide groups is 1. The van der Waals surface area contributed by atoms with Gasteiger partial charge >= 0.3 is 0 Å². The molecule has 316 valence electrons. The number of anilines is 3. The van der Waals surface area contributed by atoms with Crippen molar-refractivity contribution in [1.29, 1.82) is 0 Å². The molecule has 3 aliphatic heterocycles. The predicted molar refractivity (Wildman–Crippen MR) is 226 cm³/mol. The maximum atomic E-state index is 15.2. The minimum absolute atomic E-state index is 0.0194. The normalized spacial score (nSPS) is 22.0. The Labute approximate surface area is 348 Å². The average Bonchev–Trinajstić information content (AvgIpc) is 3.26. The molecule has 5 heterocycles. The molecule has 3 saturated heterocycles. The Bertz CT molecular complexity index is 2230. The molecule has 4 aromatic rings. The van der Waals surface area contributed by atoms with Gasteiger partial charge in [0.15, 0.2) is 5.82 Å². The topological polar surface area (TPSA) is 154 Å². The highest BCUT2D eigenvalue weighted by Gasteiger charge is 2.30. The van der Waals surface area contributed by atoms with Gasteiger partial charge in [-0.25, -0.2) is 18.7 Å². The van der Waals surface area contributed by atoms with Crippen LogP contribution in [0.2, 0.25) is 0 Å². The zero-order valence-electron chi connectivity index (χ0n) is 33.8. The number of piperidine rings is 3. The molecule has 13 nitrogen and oxygen atoms in total. The molecule has 1 aliphatic carbocycles. The van der Waals surface area contributed by atoms with Crippen LogP contribution in [-0.2, 0) is 14.4 Å². The van der Waals surface area contributed by atoms with Gasteiger partial charge in [-0.15, -0.1) is 0 Å². The van der Waals surface area contributed by atoms with Crippen molar-refractivity contribution in [2.24, 2.45) is 11.8 Å².